The summed E-state index contributed by atoms with van der Waals surface area (Å²) in [5.74, 6) is 0.859. The van der Waals surface area contributed by atoms with Crippen LogP contribution in [0.5, 0.6) is 5.75 Å². The van der Waals surface area contributed by atoms with Crippen LogP contribution in [0.1, 0.15) is 20.3 Å². The van der Waals surface area contributed by atoms with Gasteiger partial charge in [0.1, 0.15) is 17.9 Å². The summed E-state index contributed by atoms with van der Waals surface area (Å²) < 4.78 is 5.85. The van der Waals surface area contributed by atoms with Gasteiger partial charge in [-0.25, -0.2) is 0 Å². The third-order valence-electron chi connectivity index (χ3n) is 2.83. The topological polar surface area (TPSA) is 34.1 Å². The van der Waals surface area contributed by atoms with Crippen molar-refractivity contribution < 1.29 is 4.74 Å². The number of benzene rings is 1. The van der Waals surface area contributed by atoms with Gasteiger partial charge in [0.05, 0.1) is 0 Å². The van der Waals surface area contributed by atoms with E-state index >= 15 is 0 Å². The highest BCUT2D eigenvalue weighted by molar-refractivity contribution is 5.84. The Morgan fingerprint density at radius 1 is 1.28 bits per heavy atom. The van der Waals surface area contributed by atoms with Crippen LogP contribution in [0.3, 0.4) is 0 Å². The third kappa shape index (κ3) is 3.20. The third-order valence-corrected chi connectivity index (χ3v) is 2.83. The molecule has 2 aromatic rings. The molecule has 3 nitrogen and oxygen atoms in total. The van der Waals surface area contributed by atoms with Gasteiger partial charge in [0, 0.05) is 17.6 Å². The summed E-state index contributed by atoms with van der Waals surface area (Å²) in [4.78, 5) is 4.38. The van der Waals surface area contributed by atoms with Crippen LogP contribution in [0.25, 0.3) is 10.9 Å². The molecular weight excluding hydrogens is 224 g/mol. The first-order valence-electron chi connectivity index (χ1n) is 6.51. The van der Waals surface area contributed by atoms with Crippen molar-refractivity contribution in [2.75, 3.05) is 13.2 Å². The molecule has 96 valence electrons. The summed E-state index contributed by atoms with van der Waals surface area (Å²) in [7, 11) is 0. The van der Waals surface area contributed by atoms with Crippen molar-refractivity contribution in [3.05, 3.63) is 36.5 Å². The summed E-state index contributed by atoms with van der Waals surface area (Å²) in [5, 5.41) is 4.52. The molecule has 3 heteroatoms. The highest BCUT2D eigenvalue weighted by Crippen LogP contribution is 2.22. The summed E-state index contributed by atoms with van der Waals surface area (Å²) in [6.45, 7) is 5.98. The fourth-order valence-corrected chi connectivity index (χ4v) is 1.86. The number of aromatic nitrogens is 1. The molecule has 1 atom stereocenters. The molecule has 2 rings (SSSR count). The van der Waals surface area contributed by atoms with Crippen molar-refractivity contribution in [1.82, 2.24) is 10.3 Å². The SMILES string of the molecule is CCCNC(C)COc1cccc2cccnc12. The highest BCUT2D eigenvalue weighted by Gasteiger charge is 2.05. The molecule has 0 spiro atoms. The number of nitrogens with zero attached hydrogens (tertiary/aromatic N) is 1. The molecule has 1 aromatic carbocycles. The lowest BCUT2D eigenvalue weighted by Crippen LogP contribution is -2.32. The first-order valence-corrected chi connectivity index (χ1v) is 6.51. The van der Waals surface area contributed by atoms with Gasteiger partial charge >= 0.3 is 0 Å². The molecule has 0 aliphatic heterocycles. The summed E-state index contributed by atoms with van der Waals surface area (Å²) in [6.07, 6.45) is 2.94. The Morgan fingerprint density at radius 2 is 2.11 bits per heavy atom. The predicted molar refractivity (Wildman–Crippen MR) is 75.0 cm³/mol. The fourth-order valence-electron chi connectivity index (χ4n) is 1.86. The van der Waals surface area contributed by atoms with E-state index in [9.17, 15) is 0 Å². The molecule has 1 heterocycles. The van der Waals surface area contributed by atoms with Crippen molar-refractivity contribution >= 4 is 10.9 Å². The second-order valence-corrected chi connectivity index (χ2v) is 4.50. The van der Waals surface area contributed by atoms with Crippen LogP contribution in [-0.4, -0.2) is 24.2 Å². The van der Waals surface area contributed by atoms with Crippen LogP contribution in [0, 0.1) is 0 Å². The molecule has 0 saturated carbocycles. The van der Waals surface area contributed by atoms with Crippen molar-refractivity contribution in [1.29, 1.82) is 0 Å². The zero-order valence-electron chi connectivity index (χ0n) is 11.0. The molecule has 0 saturated heterocycles. The van der Waals surface area contributed by atoms with Gasteiger partial charge in [-0.15, -0.1) is 0 Å². The molecule has 0 amide bonds. The number of pyridine rings is 1. The van der Waals surface area contributed by atoms with Crippen molar-refractivity contribution in [3.8, 4) is 5.75 Å². The number of fused-ring (bicyclic) bond motifs is 1. The number of rotatable bonds is 6. The van der Waals surface area contributed by atoms with Crippen molar-refractivity contribution in [2.24, 2.45) is 0 Å². The minimum Gasteiger partial charge on any atom is -0.490 e. The van der Waals surface area contributed by atoms with Crippen LogP contribution < -0.4 is 10.1 Å². The first-order chi connectivity index (χ1) is 8.81. The highest BCUT2D eigenvalue weighted by atomic mass is 16.5. The number of nitrogens with one attached hydrogen (secondary N) is 1. The van der Waals surface area contributed by atoms with E-state index in [1.165, 1.54) is 0 Å². The van der Waals surface area contributed by atoms with Crippen LogP contribution >= 0.6 is 0 Å². The van der Waals surface area contributed by atoms with Gasteiger partial charge in [-0.3, -0.25) is 4.98 Å². The number of para-hydroxylation sites is 1. The monoisotopic (exact) mass is 244 g/mol. The Kier molecular flexibility index (Phi) is 4.53. The van der Waals surface area contributed by atoms with Gasteiger partial charge in [-0.1, -0.05) is 25.1 Å². The van der Waals surface area contributed by atoms with Crippen LogP contribution in [0.2, 0.25) is 0 Å². The van der Waals surface area contributed by atoms with Gasteiger partial charge in [0.15, 0.2) is 0 Å². The van der Waals surface area contributed by atoms with E-state index in [1.54, 1.807) is 6.20 Å². The Morgan fingerprint density at radius 3 is 2.94 bits per heavy atom. The van der Waals surface area contributed by atoms with E-state index in [0.29, 0.717) is 12.6 Å². The average molecular weight is 244 g/mol. The largest absolute Gasteiger partial charge is 0.490 e. The minimum atomic E-state index is 0.351. The van der Waals surface area contributed by atoms with E-state index in [-0.39, 0.29) is 0 Å². The van der Waals surface area contributed by atoms with Crippen molar-refractivity contribution in [2.45, 2.75) is 26.3 Å². The lowest BCUT2D eigenvalue weighted by atomic mass is 10.2. The summed E-state index contributed by atoms with van der Waals surface area (Å²) in [5.41, 5.74) is 0.933. The van der Waals surface area contributed by atoms with Crippen molar-refractivity contribution in [3.63, 3.8) is 0 Å². The Balaban J connectivity index is 2.03. The summed E-state index contributed by atoms with van der Waals surface area (Å²) >= 11 is 0. The Bertz CT molecular complexity index is 493. The lowest BCUT2D eigenvalue weighted by molar-refractivity contribution is 0.276. The van der Waals surface area contributed by atoms with E-state index in [4.69, 9.17) is 4.74 Å². The zero-order valence-corrected chi connectivity index (χ0v) is 11.0. The normalized spacial score (nSPS) is 12.6. The standard InChI is InChI=1S/C15H20N2O/c1-3-9-16-12(2)11-18-14-8-4-6-13-7-5-10-17-15(13)14/h4-8,10,12,16H,3,9,11H2,1-2H3. The molecule has 0 fully saturated rings. The quantitative estimate of drug-likeness (QED) is 0.848. The van der Waals surface area contributed by atoms with Crippen LogP contribution in [-0.2, 0) is 0 Å². The maximum absolute atomic E-state index is 5.85. The molecule has 0 bridgehead atoms. The molecule has 0 radical (unpaired) electrons. The number of ether oxygens (including phenoxy) is 1. The van der Waals surface area contributed by atoms with E-state index in [2.05, 4.69) is 24.1 Å². The first kappa shape index (κ1) is 12.8. The molecule has 1 aromatic heterocycles. The second kappa shape index (κ2) is 6.36. The fraction of sp³-hybridized carbons (Fsp3) is 0.400. The number of hydrogen-bond acceptors (Lipinski definition) is 3. The van der Waals surface area contributed by atoms with Gasteiger partial charge in [-0.05, 0) is 32.0 Å². The molecular formula is C15H20N2O. The molecule has 18 heavy (non-hydrogen) atoms. The lowest BCUT2D eigenvalue weighted by Gasteiger charge is -2.15. The predicted octanol–water partition coefficient (Wildman–Crippen LogP) is 3.00. The second-order valence-electron chi connectivity index (χ2n) is 4.50. The van der Waals surface area contributed by atoms with E-state index in [0.717, 1.165) is 29.6 Å². The van der Waals surface area contributed by atoms with E-state index < -0.39 is 0 Å². The maximum atomic E-state index is 5.85. The van der Waals surface area contributed by atoms with Crippen LogP contribution in [0.15, 0.2) is 36.5 Å². The summed E-state index contributed by atoms with van der Waals surface area (Å²) in [6, 6.07) is 10.4. The Hall–Kier alpha value is -1.61. The van der Waals surface area contributed by atoms with Gasteiger partial charge in [0.2, 0.25) is 0 Å². The average Bonchev–Trinajstić information content (AvgIpc) is 2.42. The maximum Gasteiger partial charge on any atom is 0.145 e. The van der Waals surface area contributed by atoms with Gasteiger partial charge in [0.25, 0.3) is 0 Å². The molecule has 1 unspecified atom stereocenters. The zero-order chi connectivity index (χ0) is 12.8. The number of hydrogen-bond donors (Lipinski definition) is 1. The smallest absolute Gasteiger partial charge is 0.145 e. The molecule has 0 aliphatic carbocycles. The van der Waals surface area contributed by atoms with Gasteiger partial charge < -0.3 is 10.1 Å². The minimum absolute atomic E-state index is 0.351. The van der Waals surface area contributed by atoms with Crippen LogP contribution in [0.4, 0.5) is 0 Å². The Labute approximate surface area is 108 Å². The molecule has 1 N–H and O–H groups in total. The van der Waals surface area contributed by atoms with E-state index in [1.807, 2.05) is 30.3 Å². The molecule has 0 aliphatic rings. The van der Waals surface area contributed by atoms with Gasteiger partial charge in [-0.2, -0.15) is 0 Å².